The van der Waals surface area contributed by atoms with E-state index < -0.39 is 0 Å². The number of urea groups is 1. The van der Waals surface area contributed by atoms with Crippen LogP contribution in [0.3, 0.4) is 0 Å². The van der Waals surface area contributed by atoms with Crippen LogP contribution in [0.1, 0.15) is 24.2 Å². The molecule has 2 fully saturated rings. The zero-order valence-corrected chi connectivity index (χ0v) is 12.7. The minimum absolute atomic E-state index is 0.0219. The fourth-order valence-electron chi connectivity index (χ4n) is 3.65. The Hall–Kier alpha value is -1.40. The highest BCUT2D eigenvalue weighted by Gasteiger charge is 2.33. The molecule has 5 nitrogen and oxygen atoms in total. The summed E-state index contributed by atoms with van der Waals surface area (Å²) in [6.07, 6.45) is 5.99. The highest BCUT2D eigenvalue weighted by molar-refractivity contribution is 7.80. The molecule has 2 bridgehead atoms. The molecule has 1 N–H and O–H groups in total. The zero-order valence-electron chi connectivity index (χ0n) is 11.8. The molecular formula is C15H19N3O2S. The summed E-state index contributed by atoms with van der Waals surface area (Å²) in [5.41, 5.74) is 1.00. The van der Waals surface area contributed by atoms with Crippen LogP contribution < -0.4 is 5.32 Å². The van der Waals surface area contributed by atoms with Crippen LogP contribution in [0.25, 0.3) is 6.08 Å². The molecular weight excluding hydrogens is 286 g/mol. The molecule has 3 atom stereocenters. The summed E-state index contributed by atoms with van der Waals surface area (Å²) < 4.78 is 5.43. The molecule has 1 aromatic rings. The number of carbonyl (C=O) groups excluding carboxylic acids is 1. The van der Waals surface area contributed by atoms with Crippen molar-refractivity contribution in [3.05, 3.63) is 23.6 Å². The summed E-state index contributed by atoms with van der Waals surface area (Å²) in [7, 11) is 0. The number of nitrogens with one attached hydrogen (secondary N) is 1. The van der Waals surface area contributed by atoms with Crippen LogP contribution in [-0.4, -0.2) is 41.5 Å². The number of thiol groups is 1. The topological polar surface area (TPSA) is 48.7 Å². The smallest absolute Gasteiger partial charge is 0.321 e. The average molecular weight is 305 g/mol. The highest BCUT2D eigenvalue weighted by atomic mass is 32.1. The fraction of sp³-hybridized carbons (Fsp3) is 0.533. The fourth-order valence-corrected chi connectivity index (χ4v) is 3.90. The number of rotatable bonds is 1. The van der Waals surface area contributed by atoms with Gasteiger partial charge in [-0.3, -0.25) is 4.90 Å². The van der Waals surface area contributed by atoms with Crippen LogP contribution in [0, 0.1) is 5.92 Å². The molecule has 3 aliphatic heterocycles. The first-order valence-electron chi connectivity index (χ1n) is 7.47. The van der Waals surface area contributed by atoms with Crippen LogP contribution in [0.15, 0.2) is 21.8 Å². The highest BCUT2D eigenvalue weighted by Crippen LogP contribution is 2.28. The van der Waals surface area contributed by atoms with Crippen molar-refractivity contribution < 1.29 is 9.21 Å². The molecule has 6 heteroatoms. The third kappa shape index (κ3) is 2.58. The Kier molecular flexibility index (Phi) is 3.23. The first-order chi connectivity index (χ1) is 10.2. The zero-order chi connectivity index (χ0) is 14.4. The van der Waals surface area contributed by atoms with E-state index in [1.54, 1.807) is 11.1 Å². The van der Waals surface area contributed by atoms with Gasteiger partial charge in [-0.2, -0.15) is 0 Å². The summed E-state index contributed by atoms with van der Waals surface area (Å²) in [5, 5.41) is 3.76. The molecule has 4 rings (SSSR count). The van der Waals surface area contributed by atoms with Gasteiger partial charge in [-0.15, -0.1) is 12.6 Å². The molecule has 0 aliphatic carbocycles. The van der Waals surface area contributed by atoms with E-state index in [1.165, 1.54) is 19.5 Å². The lowest BCUT2D eigenvalue weighted by atomic mass is 9.97. The second kappa shape index (κ2) is 5.10. The van der Waals surface area contributed by atoms with Crippen molar-refractivity contribution in [1.82, 2.24) is 15.1 Å². The van der Waals surface area contributed by atoms with Gasteiger partial charge in [0.2, 0.25) is 0 Å². The monoisotopic (exact) mass is 305 g/mol. The van der Waals surface area contributed by atoms with E-state index in [1.807, 2.05) is 12.1 Å². The molecule has 4 heterocycles. The number of piperidine rings is 1. The normalized spacial score (nSPS) is 30.3. The van der Waals surface area contributed by atoms with Crippen molar-refractivity contribution in [3.63, 3.8) is 0 Å². The molecule has 21 heavy (non-hydrogen) atoms. The first kappa shape index (κ1) is 13.3. The molecule has 1 unspecified atom stereocenters. The van der Waals surface area contributed by atoms with E-state index in [-0.39, 0.29) is 12.1 Å². The van der Waals surface area contributed by atoms with E-state index in [0.717, 1.165) is 30.2 Å². The Labute approximate surface area is 129 Å². The molecule has 0 spiro atoms. The predicted octanol–water partition coefficient (Wildman–Crippen LogP) is 2.16. The third-order valence-electron chi connectivity index (χ3n) is 4.63. The number of fused-ring (bicyclic) bond motifs is 3. The molecule has 112 valence electrons. The molecule has 2 amide bonds. The maximum absolute atomic E-state index is 12.4. The van der Waals surface area contributed by atoms with Gasteiger partial charge in [0.05, 0.1) is 6.54 Å². The lowest BCUT2D eigenvalue weighted by Crippen LogP contribution is -2.50. The molecule has 3 aliphatic rings. The van der Waals surface area contributed by atoms with Gasteiger partial charge in [-0.05, 0) is 37.4 Å². The Morgan fingerprint density at radius 3 is 3.19 bits per heavy atom. The van der Waals surface area contributed by atoms with Crippen molar-refractivity contribution in [3.8, 4) is 0 Å². The minimum Gasteiger partial charge on any atom is -0.450 e. The lowest BCUT2D eigenvalue weighted by Gasteiger charge is -2.32. The van der Waals surface area contributed by atoms with Gasteiger partial charge in [-0.1, -0.05) is 0 Å². The second-order valence-electron chi connectivity index (χ2n) is 6.21. The van der Waals surface area contributed by atoms with Gasteiger partial charge in [0.25, 0.3) is 0 Å². The molecule has 0 saturated carbocycles. The third-order valence-corrected chi connectivity index (χ3v) is 4.85. The summed E-state index contributed by atoms with van der Waals surface area (Å²) in [5.74, 6) is 1.55. The number of carbonyl (C=O) groups is 1. The van der Waals surface area contributed by atoms with Crippen molar-refractivity contribution in [2.75, 3.05) is 19.6 Å². The standard InChI is InChI=1S/C15H19N3O2S/c19-15(16-12-5-10-1-3-17(7-10)9-12)18-4-2-13-11(8-18)6-14(21)20-13/h2,4,6,10,12,21H,1,3,5,7-9H2,(H,16,19)/t10-,12+/m0/s1. The van der Waals surface area contributed by atoms with Crippen molar-refractivity contribution >= 4 is 24.7 Å². The van der Waals surface area contributed by atoms with Crippen LogP contribution in [0.2, 0.25) is 0 Å². The second-order valence-corrected chi connectivity index (χ2v) is 6.65. The van der Waals surface area contributed by atoms with E-state index in [0.29, 0.717) is 11.6 Å². The summed E-state index contributed by atoms with van der Waals surface area (Å²) >= 11 is 4.20. The number of nitrogens with zero attached hydrogens (tertiary/aromatic N) is 2. The van der Waals surface area contributed by atoms with Gasteiger partial charge in [0.15, 0.2) is 5.09 Å². The van der Waals surface area contributed by atoms with Gasteiger partial charge in [0, 0.05) is 30.9 Å². The van der Waals surface area contributed by atoms with Gasteiger partial charge < -0.3 is 14.6 Å². The van der Waals surface area contributed by atoms with E-state index in [2.05, 4.69) is 22.8 Å². The van der Waals surface area contributed by atoms with E-state index >= 15 is 0 Å². The largest absolute Gasteiger partial charge is 0.450 e. The van der Waals surface area contributed by atoms with E-state index in [4.69, 9.17) is 4.42 Å². The Morgan fingerprint density at radius 1 is 1.43 bits per heavy atom. The molecule has 0 aromatic carbocycles. The van der Waals surface area contributed by atoms with Gasteiger partial charge in [-0.25, -0.2) is 4.79 Å². The Bertz CT molecular complexity index is 586. The lowest BCUT2D eigenvalue weighted by molar-refractivity contribution is 0.186. The van der Waals surface area contributed by atoms with Crippen LogP contribution >= 0.6 is 12.6 Å². The van der Waals surface area contributed by atoms with E-state index in [9.17, 15) is 4.79 Å². The quantitative estimate of drug-likeness (QED) is 0.782. The SMILES string of the molecule is O=C(N[C@@H]1C[C@@H]2CCN(C2)C1)N1C=Cc2oc(S)cc2C1. The number of hydrogen-bond acceptors (Lipinski definition) is 4. The summed E-state index contributed by atoms with van der Waals surface area (Å²) in [4.78, 5) is 16.6. The van der Waals surface area contributed by atoms with Crippen molar-refractivity contribution in [2.45, 2.75) is 30.5 Å². The average Bonchev–Trinajstić information content (AvgIpc) is 2.99. The first-order valence-corrected chi connectivity index (χ1v) is 7.91. The van der Waals surface area contributed by atoms with Crippen LogP contribution in [-0.2, 0) is 6.54 Å². The van der Waals surface area contributed by atoms with Crippen LogP contribution in [0.5, 0.6) is 0 Å². The van der Waals surface area contributed by atoms with Crippen LogP contribution in [0.4, 0.5) is 4.79 Å². The number of hydrogen-bond donors (Lipinski definition) is 2. The number of furan rings is 1. The summed E-state index contributed by atoms with van der Waals surface area (Å²) in [6.45, 7) is 3.92. The maximum atomic E-state index is 12.4. The Balaban J connectivity index is 1.40. The Morgan fingerprint density at radius 2 is 2.33 bits per heavy atom. The molecule has 1 aromatic heterocycles. The van der Waals surface area contributed by atoms with Gasteiger partial charge >= 0.3 is 6.03 Å². The van der Waals surface area contributed by atoms with Crippen molar-refractivity contribution in [1.29, 1.82) is 0 Å². The van der Waals surface area contributed by atoms with Crippen molar-refractivity contribution in [2.24, 2.45) is 5.92 Å². The minimum atomic E-state index is -0.0219. The molecule has 2 saturated heterocycles. The summed E-state index contributed by atoms with van der Waals surface area (Å²) in [6, 6.07) is 2.12. The maximum Gasteiger partial charge on any atom is 0.321 e. The number of amides is 2. The molecule has 0 radical (unpaired) electrons. The predicted molar refractivity (Wildman–Crippen MR) is 82.0 cm³/mol. The van der Waals surface area contributed by atoms with Gasteiger partial charge in [0.1, 0.15) is 5.76 Å².